The summed E-state index contributed by atoms with van der Waals surface area (Å²) in [5, 5.41) is 0. The van der Waals surface area contributed by atoms with Crippen molar-refractivity contribution in [3.8, 4) is 0 Å². The molecule has 4 heteroatoms. The summed E-state index contributed by atoms with van der Waals surface area (Å²) in [5.74, 6) is 1.27. The van der Waals surface area contributed by atoms with E-state index in [2.05, 4.69) is 11.9 Å². The van der Waals surface area contributed by atoms with Gasteiger partial charge in [0.2, 0.25) is 5.89 Å². The molecule has 3 rings (SSSR count). The van der Waals surface area contributed by atoms with E-state index in [-0.39, 0.29) is 0 Å². The van der Waals surface area contributed by atoms with Gasteiger partial charge in [-0.1, -0.05) is 19.8 Å². The third kappa shape index (κ3) is 2.73. The Kier molecular flexibility index (Phi) is 3.42. The van der Waals surface area contributed by atoms with Crippen LogP contribution in [0.5, 0.6) is 0 Å². The fraction of sp³-hybridized carbons (Fsp3) is 0.533. The van der Waals surface area contributed by atoms with Gasteiger partial charge >= 0.3 is 0 Å². The summed E-state index contributed by atoms with van der Waals surface area (Å²) in [4.78, 5) is 4.42. The first-order chi connectivity index (χ1) is 9.22. The van der Waals surface area contributed by atoms with Crippen molar-refractivity contribution in [3.63, 3.8) is 0 Å². The average molecular weight is 260 g/mol. The monoisotopic (exact) mass is 260 g/mol. The number of rotatable bonds is 3. The van der Waals surface area contributed by atoms with Crippen LogP contribution in [0.15, 0.2) is 22.6 Å². The molecule has 0 saturated heterocycles. The number of benzene rings is 1. The average Bonchev–Trinajstić information content (AvgIpc) is 2.79. The van der Waals surface area contributed by atoms with E-state index in [4.69, 9.17) is 14.9 Å². The molecular weight excluding hydrogens is 240 g/mol. The number of nitrogens with zero attached hydrogens (tertiary/aromatic N) is 1. The van der Waals surface area contributed by atoms with Crippen LogP contribution in [0.1, 0.15) is 38.5 Å². The molecule has 0 spiro atoms. The Morgan fingerprint density at radius 2 is 2.21 bits per heavy atom. The van der Waals surface area contributed by atoms with Crippen LogP contribution in [0.4, 0.5) is 5.69 Å². The van der Waals surface area contributed by atoms with Gasteiger partial charge in [0.1, 0.15) is 12.1 Å². The smallest absolute Gasteiger partial charge is 0.221 e. The standard InChI is InChI=1S/C15H20N2O2/c1-10-4-2-3-5-13(10)18-9-15-17-12-7-6-11(16)8-14(12)19-15/h6-8,10,13H,2-5,9,16H2,1H3. The zero-order valence-electron chi connectivity index (χ0n) is 11.3. The quantitative estimate of drug-likeness (QED) is 0.858. The summed E-state index contributed by atoms with van der Waals surface area (Å²) in [6, 6.07) is 5.51. The second-order valence-electron chi connectivity index (χ2n) is 5.45. The Hall–Kier alpha value is -1.55. The van der Waals surface area contributed by atoms with Gasteiger partial charge in [-0.2, -0.15) is 0 Å². The summed E-state index contributed by atoms with van der Waals surface area (Å²) in [6.45, 7) is 2.71. The van der Waals surface area contributed by atoms with Crippen molar-refractivity contribution in [2.24, 2.45) is 5.92 Å². The van der Waals surface area contributed by atoms with Gasteiger partial charge < -0.3 is 14.9 Å². The zero-order valence-corrected chi connectivity index (χ0v) is 11.3. The largest absolute Gasteiger partial charge is 0.438 e. The maximum atomic E-state index is 5.95. The minimum Gasteiger partial charge on any atom is -0.438 e. The van der Waals surface area contributed by atoms with Gasteiger partial charge in [0.05, 0.1) is 6.10 Å². The third-order valence-corrected chi connectivity index (χ3v) is 3.91. The highest BCUT2D eigenvalue weighted by Gasteiger charge is 2.22. The Balaban J connectivity index is 1.68. The number of oxazole rings is 1. The number of ether oxygens (including phenoxy) is 1. The van der Waals surface area contributed by atoms with Gasteiger partial charge in [-0.25, -0.2) is 4.98 Å². The molecular formula is C15H20N2O2. The molecule has 102 valence electrons. The lowest BCUT2D eigenvalue weighted by molar-refractivity contribution is -0.0232. The molecule has 1 aromatic heterocycles. The van der Waals surface area contributed by atoms with Crippen LogP contribution in [0.25, 0.3) is 11.1 Å². The molecule has 2 unspecified atom stereocenters. The second-order valence-corrected chi connectivity index (χ2v) is 5.45. The van der Waals surface area contributed by atoms with Crippen LogP contribution in [0, 0.1) is 5.92 Å². The van der Waals surface area contributed by atoms with E-state index >= 15 is 0 Å². The summed E-state index contributed by atoms with van der Waals surface area (Å²) in [5.41, 5.74) is 7.98. The normalized spacial score (nSPS) is 23.8. The lowest BCUT2D eigenvalue weighted by Crippen LogP contribution is -2.25. The highest BCUT2D eigenvalue weighted by molar-refractivity contribution is 5.76. The van der Waals surface area contributed by atoms with E-state index in [0.717, 1.165) is 17.5 Å². The first-order valence-corrected chi connectivity index (χ1v) is 6.99. The van der Waals surface area contributed by atoms with Crippen LogP contribution in [-0.2, 0) is 11.3 Å². The molecule has 2 N–H and O–H groups in total. The molecule has 2 atom stereocenters. The molecule has 19 heavy (non-hydrogen) atoms. The van der Waals surface area contributed by atoms with E-state index in [1.807, 2.05) is 12.1 Å². The molecule has 1 aliphatic carbocycles. The number of hydrogen-bond donors (Lipinski definition) is 1. The summed E-state index contributed by atoms with van der Waals surface area (Å²) < 4.78 is 11.6. The second kappa shape index (κ2) is 5.21. The molecule has 4 nitrogen and oxygen atoms in total. The number of nitrogens with two attached hydrogens (primary N) is 1. The highest BCUT2D eigenvalue weighted by Crippen LogP contribution is 2.27. The van der Waals surface area contributed by atoms with Gasteiger partial charge in [0.25, 0.3) is 0 Å². The van der Waals surface area contributed by atoms with E-state index in [1.165, 1.54) is 19.3 Å². The van der Waals surface area contributed by atoms with Gasteiger partial charge in [-0.05, 0) is 30.9 Å². The molecule has 1 fully saturated rings. The molecule has 1 aliphatic rings. The molecule has 0 amide bonds. The SMILES string of the molecule is CC1CCCCC1OCc1nc2ccc(N)cc2o1. The van der Waals surface area contributed by atoms with Crippen LogP contribution < -0.4 is 5.73 Å². The fourth-order valence-corrected chi connectivity index (χ4v) is 2.76. The van der Waals surface area contributed by atoms with Crippen molar-refractivity contribution in [1.29, 1.82) is 0 Å². The minimum absolute atomic E-state index is 0.342. The van der Waals surface area contributed by atoms with Gasteiger partial charge in [-0.15, -0.1) is 0 Å². The molecule has 0 radical (unpaired) electrons. The molecule has 2 aromatic rings. The lowest BCUT2D eigenvalue weighted by atomic mass is 9.88. The summed E-state index contributed by atoms with van der Waals surface area (Å²) >= 11 is 0. The molecule has 1 aromatic carbocycles. The Morgan fingerprint density at radius 3 is 3.05 bits per heavy atom. The van der Waals surface area contributed by atoms with E-state index in [1.54, 1.807) is 6.07 Å². The molecule has 0 aliphatic heterocycles. The maximum Gasteiger partial charge on any atom is 0.221 e. The van der Waals surface area contributed by atoms with Crippen molar-refractivity contribution < 1.29 is 9.15 Å². The molecule has 0 bridgehead atoms. The van der Waals surface area contributed by atoms with E-state index in [9.17, 15) is 0 Å². The van der Waals surface area contributed by atoms with Crippen molar-refractivity contribution in [3.05, 3.63) is 24.1 Å². The summed E-state index contributed by atoms with van der Waals surface area (Å²) in [7, 11) is 0. The molecule has 1 saturated carbocycles. The first-order valence-electron chi connectivity index (χ1n) is 6.99. The lowest BCUT2D eigenvalue weighted by Gasteiger charge is -2.28. The Labute approximate surface area is 112 Å². The van der Waals surface area contributed by atoms with Gasteiger partial charge in [0.15, 0.2) is 5.58 Å². The maximum absolute atomic E-state index is 5.95. The predicted molar refractivity (Wildman–Crippen MR) is 74.6 cm³/mol. The van der Waals surface area contributed by atoms with Crippen molar-refractivity contribution in [2.75, 3.05) is 5.73 Å². The van der Waals surface area contributed by atoms with Crippen LogP contribution in [-0.4, -0.2) is 11.1 Å². The Bertz CT molecular complexity index is 564. The van der Waals surface area contributed by atoms with Gasteiger partial charge in [-0.3, -0.25) is 0 Å². The number of aromatic nitrogens is 1. The third-order valence-electron chi connectivity index (χ3n) is 3.91. The molecule has 1 heterocycles. The first kappa shape index (κ1) is 12.5. The number of nitrogen functional groups attached to an aromatic ring is 1. The van der Waals surface area contributed by atoms with Crippen molar-refractivity contribution in [2.45, 2.75) is 45.3 Å². The van der Waals surface area contributed by atoms with Crippen molar-refractivity contribution >= 4 is 16.8 Å². The van der Waals surface area contributed by atoms with E-state index < -0.39 is 0 Å². The minimum atomic E-state index is 0.342. The predicted octanol–water partition coefficient (Wildman–Crippen LogP) is 3.51. The topological polar surface area (TPSA) is 61.3 Å². The number of fused-ring (bicyclic) bond motifs is 1. The zero-order chi connectivity index (χ0) is 13.2. The van der Waals surface area contributed by atoms with Gasteiger partial charge in [0, 0.05) is 11.8 Å². The van der Waals surface area contributed by atoms with Crippen LogP contribution >= 0.6 is 0 Å². The van der Waals surface area contributed by atoms with Crippen LogP contribution in [0.3, 0.4) is 0 Å². The van der Waals surface area contributed by atoms with E-state index in [0.29, 0.717) is 30.2 Å². The van der Waals surface area contributed by atoms with Crippen molar-refractivity contribution in [1.82, 2.24) is 4.98 Å². The number of hydrogen-bond acceptors (Lipinski definition) is 4. The highest BCUT2D eigenvalue weighted by atomic mass is 16.5. The Morgan fingerprint density at radius 1 is 1.37 bits per heavy atom. The number of anilines is 1. The fourth-order valence-electron chi connectivity index (χ4n) is 2.76. The summed E-state index contributed by atoms with van der Waals surface area (Å²) in [6.07, 6.45) is 5.33. The van der Waals surface area contributed by atoms with Crippen LogP contribution in [0.2, 0.25) is 0 Å².